The Labute approximate surface area is 126 Å². The molecular weight excluding hydrogens is 351 g/mol. The van der Waals surface area contributed by atoms with E-state index in [2.05, 4.69) is 22.6 Å². The Balaban J connectivity index is 2.36. The fraction of sp³-hybridized carbons (Fsp3) is 0.188. The summed E-state index contributed by atoms with van der Waals surface area (Å²) in [5.74, 6) is -0.483. The fourth-order valence-corrected chi connectivity index (χ4v) is 3.17. The van der Waals surface area contributed by atoms with Crippen LogP contribution in [0.3, 0.4) is 0 Å². The smallest absolute Gasteiger partial charge is 0.314 e. The van der Waals surface area contributed by atoms with Gasteiger partial charge in [-0.05, 0) is 11.1 Å². The highest BCUT2D eigenvalue weighted by atomic mass is 127. The molecule has 0 aliphatic rings. The Morgan fingerprint density at radius 3 is 1.89 bits per heavy atom. The van der Waals surface area contributed by atoms with Gasteiger partial charge in [-0.3, -0.25) is 4.79 Å². The summed E-state index contributed by atoms with van der Waals surface area (Å²) in [5, 5.41) is 0. The van der Waals surface area contributed by atoms with Gasteiger partial charge in [-0.2, -0.15) is 0 Å². The van der Waals surface area contributed by atoms with Crippen LogP contribution in [-0.4, -0.2) is 13.1 Å². The van der Waals surface area contributed by atoms with Crippen LogP contribution in [0.15, 0.2) is 60.7 Å². The van der Waals surface area contributed by atoms with Crippen molar-refractivity contribution in [2.45, 2.75) is 9.84 Å². The lowest BCUT2D eigenvalue weighted by atomic mass is 9.92. The Morgan fingerprint density at radius 2 is 1.42 bits per heavy atom. The first-order chi connectivity index (χ1) is 9.24. The molecule has 2 aromatic carbocycles. The predicted molar refractivity (Wildman–Crippen MR) is 84.4 cm³/mol. The number of benzene rings is 2. The second-order valence-electron chi connectivity index (χ2n) is 4.22. The van der Waals surface area contributed by atoms with E-state index in [0.29, 0.717) is 0 Å². The van der Waals surface area contributed by atoms with Crippen LogP contribution in [0.2, 0.25) is 0 Å². The zero-order chi connectivity index (χ0) is 13.7. The second kappa shape index (κ2) is 6.70. The number of rotatable bonds is 4. The topological polar surface area (TPSA) is 26.3 Å². The van der Waals surface area contributed by atoms with Crippen molar-refractivity contribution < 1.29 is 9.53 Å². The van der Waals surface area contributed by atoms with E-state index in [9.17, 15) is 4.79 Å². The van der Waals surface area contributed by atoms with E-state index in [0.717, 1.165) is 11.1 Å². The van der Waals surface area contributed by atoms with Gasteiger partial charge in [0.1, 0.15) is 0 Å². The summed E-state index contributed by atoms with van der Waals surface area (Å²) in [6, 6.07) is 19.8. The number of ether oxygens (including phenoxy) is 1. The van der Waals surface area contributed by atoms with Crippen molar-refractivity contribution in [2.75, 3.05) is 7.11 Å². The molecule has 3 heteroatoms. The Morgan fingerprint density at radius 1 is 0.947 bits per heavy atom. The number of hydrogen-bond donors (Lipinski definition) is 0. The molecule has 2 rings (SSSR count). The normalized spacial score (nSPS) is 13.6. The monoisotopic (exact) mass is 366 g/mol. The average Bonchev–Trinajstić information content (AvgIpc) is 2.49. The molecule has 0 aromatic heterocycles. The van der Waals surface area contributed by atoms with Crippen molar-refractivity contribution in [1.82, 2.24) is 0 Å². The van der Waals surface area contributed by atoms with Crippen LogP contribution in [-0.2, 0) is 9.53 Å². The first-order valence-electron chi connectivity index (χ1n) is 6.06. The first kappa shape index (κ1) is 14.1. The lowest BCUT2D eigenvalue weighted by Gasteiger charge is -2.21. The van der Waals surface area contributed by atoms with Gasteiger partial charge in [-0.25, -0.2) is 0 Å². The molecule has 0 fully saturated rings. The molecule has 0 N–H and O–H groups in total. The molecular formula is C16H15IO2. The molecule has 2 nitrogen and oxygen atoms in total. The maximum Gasteiger partial charge on any atom is 0.314 e. The van der Waals surface area contributed by atoms with Gasteiger partial charge < -0.3 is 4.74 Å². The fourth-order valence-electron chi connectivity index (χ4n) is 2.04. The molecule has 0 radical (unpaired) electrons. The predicted octanol–water partition coefficient (Wildman–Crippen LogP) is 4.12. The number of halogens is 1. The highest BCUT2D eigenvalue weighted by Crippen LogP contribution is 2.39. The third kappa shape index (κ3) is 3.35. The summed E-state index contributed by atoms with van der Waals surface area (Å²) in [6.45, 7) is 0. The Bertz CT molecular complexity index is 525. The van der Waals surface area contributed by atoms with Crippen LogP contribution in [0.25, 0.3) is 0 Å². The van der Waals surface area contributed by atoms with E-state index in [4.69, 9.17) is 4.74 Å². The summed E-state index contributed by atoms with van der Waals surface area (Å²) >= 11 is 2.31. The minimum Gasteiger partial charge on any atom is -0.469 e. The van der Waals surface area contributed by atoms with Gasteiger partial charge in [0.05, 0.1) is 17.0 Å². The van der Waals surface area contributed by atoms with E-state index in [1.165, 1.54) is 7.11 Å². The minimum absolute atomic E-state index is 0.0497. The van der Waals surface area contributed by atoms with E-state index in [1.54, 1.807) is 0 Å². The molecule has 2 aromatic rings. The number of hydrogen-bond acceptors (Lipinski definition) is 2. The molecule has 2 unspecified atom stereocenters. The molecule has 0 saturated heterocycles. The summed E-state index contributed by atoms with van der Waals surface area (Å²) < 4.78 is 5.02. The maximum absolute atomic E-state index is 12.1. The van der Waals surface area contributed by atoms with Crippen LogP contribution in [0, 0.1) is 0 Å². The van der Waals surface area contributed by atoms with Gasteiger partial charge in [-0.1, -0.05) is 83.3 Å². The van der Waals surface area contributed by atoms with Crippen molar-refractivity contribution in [3.63, 3.8) is 0 Å². The molecule has 2 atom stereocenters. The number of carbonyl (C=O) groups is 1. The van der Waals surface area contributed by atoms with Crippen molar-refractivity contribution in [1.29, 1.82) is 0 Å². The lowest BCUT2D eigenvalue weighted by Crippen LogP contribution is -2.18. The molecule has 0 aliphatic carbocycles. The zero-order valence-electron chi connectivity index (χ0n) is 10.6. The van der Waals surface area contributed by atoms with Gasteiger partial charge >= 0.3 is 5.97 Å². The number of methoxy groups -OCH3 is 1. The largest absolute Gasteiger partial charge is 0.469 e. The van der Waals surface area contributed by atoms with Gasteiger partial charge in [0, 0.05) is 0 Å². The van der Waals surface area contributed by atoms with E-state index in [1.807, 2.05) is 60.7 Å². The Hall–Kier alpha value is -1.36. The zero-order valence-corrected chi connectivity index (χ0v) is 12.8. The molecule has 0 amide bonds. The van der Waals surface area contributed by atoms with Crippen molar-refractivity contribution >= 4 is 28.6 Å². The summed E-state index contributed by atoms with van der Waals surface area (Å²) in [6.07, 6.45) is 0. The van der Waals surface area contributed by atoms with Crippen LogP contribution >= 0.6 is 22.6 Å². The highest BCUT2D eigenvalue weighted by Gasteiger charge is 2.29. The summed E-state index contributed by atoms with van der Waals surface area (Å²) in [4.78, 5) is 12.1. The number of carbonyl (C=O) groups excluding carboxylic acids is 1. The molecule has 0 heterocycles. The number of alkyl halides is 1. The van der Waals surface area contributed by atoms with Crippen LogP contribution in [0.4, 0.5) is 0 Å². The lowest BCUT2D eigenvalue weighted by molar-refractivity contribution is -0.142. The van der Waals surface area contributed by atoms with E-state index in [-0.39, 0.29) is 15.8 Å². The number of esters is 1. The third-order valence-electron chi connectivity index (χ3n) is 3.02. The first-order valence-corrected chi connectivity index (χ1v) is 7.30. The second-order valence-corrected chi connectivity index (χ2v) is 5.57. The van der Waals surface area contributed by atoms with E-state index >= 15 is 0 Å². The van der Waals surface area contributed by atoms with Gasteiger partial charge in [0.15, 0.2) is 0 Å². The SMILES string of the molecule is COC(=O)C(c1ccccc1)C(I)c1ccccc1. The molecule has 0 aliphatic heterocycles. The Kier molecular flexibility index (Phi) is 4.96. The molecule has 0 saturated carbocycles. The van der Waals surface area contributed by atoms with Crippen molar-refractivity contribution in [2.24, 2.45) is 0 Å². The standard InChI is InChI=1S/C16H15IO2/c1-19-16(18)14(12-8-4-2-5-9-12)15(17)13-10-6-3-7-11-13/h2-11,14-15H,1H3. The molecule has 0 spiro atoms. The molecule has 19 heavy (non-hydrogen) atoms. The van der Waals surface area contributed by atoms with Gasteiger partial charge in [0.2, 0.25) is 0 Å². The van der Waals surface area contributed by atoms with Crippen molar-refractivity contribution in [3.05, 3.63) is 71.8 Å². The quantitative estimate of drug-likeness (QED) is 0.462. The maximum atomic E-state index is 12.1. The van der Waals surface area contributed by atoms with Gasteiger partial charge in [0.25, 0.3) is 0 Å². The summed E-state index contributed by atoms with van der Waals surface area (Å²) in [5.41, 5.74) is 2.11. The molecule has 98 valence electrons. The average molecular weight is 366 g/mol. The summed E-state index contributed by atoms with van der Waals surface area (Å²) in [7, 11) is 1.44. The van der Waals surface area contributed by atoms with Crippen LogP contribution < -0.4 is 0 Å². The third-order valence-corrected chi connectivity index (χ3v) is 4.46. The minimum atomic E-state index is -0.283. The highest BCUT2D eigenvalue weighted by molar-refractivity contribution is 14.1. The van der Waals surface area contributed by atoms with Crippen molar-refractivity contribution in [3.8, 4) is 0 Å². The van der Waals surface area contributed by atoms with Gasteiger partial charge in [-0.15, -0.1) is 0 Å². The molecule has 0 bridgehead atoms. The van der Waals surface area contributed by atoms with E-state index < -0.39 is 0 Å². The van der Waals surface area contributed by atoms with Crippen LogP contribution in [0.5, 0.6) is 0 Å². The van der Waals surface area contributed by atoms with Crippen LogP contribution in [0.1, 0.15) is 21.0 Å².